The summed E-state index contributed by atoms with van der Waals surface area (Å²) in [6, 6.07) is 0. The molecule has 0 aliphatic carbocycles. The van der Waals surface area contributed by atoms with Crippen LogP contribution in [-0.4, -0.2) is 46.0 Å². The normalized spacial score (nSPS) is 18.4. The van der Waals surface area contributed by atoms with E-state index in [2.05, 4.69) is 0 Å². The van der Waals surface area contributed by atoms with Crippen molar-refractivity contribution in [3.63, 3.8) is 0 Å². The zero-order chi connectivity index (χ0) is 10.6. The molecule has 0 fully saturated rings. The zero-order valence-electron chi connectivity index (χ0n) is 7.84. The molecule has 2 unspecified atom stereocenters. The molecule has 0 saturated carbocycles. The highest BCUT2D eigenvalue weighted by atomic mass is 16.4. The first-order valence-electron chi connectivity index (χ1n) is 4.19. The quantitative estimate of drug-likeness (QED) is 0.412. The number of aliphatic hydroxyl groups is 3. The van der Waals surface area contributed by atoms with E-state index < -0.39 is 24.1 Å². The number of Topliss-reactive ketones (excluding diaryl/α,β-unsaturated/α-hetero) is 1. The van der Waals surface area contributed by atoms with E-state index in [1.54, 1.807) is 13.8 Å². The summed E-state index contributed by atoms with van der Waals surface area (Å²) in [5, 5.41) is 27.5. The number of hydrogen-bond acceptors (Lipinski definition) is 5. The standard InChI is InChI=1S/C8H17NO4/c1-4(2)6(11)8(13)7(12)5(10)3-9/h4-5,7-8,10,12-13H,3,9H2,1-2H3/t5?,7?,8-/m1/s1. The maximum absolute atomic E-state index is 11.1. The van der Waals surface area contributed by atoms with Crippen molar-refractivity contribution in [3.8, 4) is 0 Å². The Hall–Kier alpha value is -0.490. The molecule has 0 radical (unpaired) electrons. The summed E-state index contributed by atoms with van der Waals surface area (Å²) in [6.45, 7) is 3.02. The van der Waals surface area contributed by atoms with Crippen LogP contribution in [0.15, 0.2) is 0 Å². The van der Waals surface area contributed by atoms with E-state index in [-0.39, 0.29) is 12.5 Å². The van der Waals surface area contributed by atoms with Crippen molar-refractivity contribution < 1.29 is 20.1 Å². The molecule has 5 N–H and O–H groups in total. The van der Waals surface area contributed by atoms with Crippen LogP contribution in [0.5, 0.6) is 0 Å². The van der Waals surface area contributed by atoms with Gasteiger partial charge in [-0.1, -0.05) is 13.8 Å². The molecule has 3 atom stereocenters. The fraction of sp³-hybridized carbons (Fsp3) is 0.875. The third kappa shape index (κ3) is 3.40. The predicted octanol–water partition coefficient (Wildman–Crippen LogP) is -1.75. The lowest BCUT2D eigenvalue weighted by Gasteiger charge is -2.21. The van der Waals surface area contributed by atoms with E-state index in [9.17, 15) is 15.0 Å². The van der Waals surface area contributed by atoms with Crippen LogP contribution in [0.25, 0.3) is 0 Å². The third-order valence-corrected chi connectivity index (χ3v) is 1.82. The monoisotopic (exact) mass is 191 g/mol. The smallest absolute Gasteiger partial charge is 0.166 e. The highest BCUT2D eigenvalue weighted by Crippen LogP contribution is 2.06. The minimum atomic E-state index is -1.56. The van der Waals surface area contributed by atoms with Gasteiger partial charge in [-0.15, -0.1) is 0 Å². The van der Waals surface area contributed by atoms with E-state index in [0.29, 0.717) is 0 Å². The van der Waals surface area contributed by atoms with Crippen LogP contribution in [0.1, 0.15) is 13.8 Å². The minimum absolute atomic E-state index is 0.191. The van der Waals surface area contributed by atoms with Crippen LogP contribution in [0.3, 0.4) is 0 Å². The van der Waals surface area contributed by atoms with Gasteiger partial charge in [-0.2, -0.15) is 0 Å². The van der Waals surface area contributed by atoms with Gasteiger partial charge in [-0.05, 0) is 0 Å². The second kappa shape index (κ2) is 5.29. The van der Waals surface area contributed by atoms with Crippen molar-refractivity contribution in [2.24, 2.45) is 11.7 Å². The first kappa shape index (κ1) is 12.5. The van der Waals surface area contributed by atoms with Gasteiger partial charge in [0.2, 0.25) is 0 Å². The van der Waals surface area contributed by atoms with Gasteiger partial charge in [0, 0.05) is 12.5 Å². The molecular weight excluding hydrogens is 174 g/mol. The van der Waals surface area contributed by atoms with Crippen LogP contribution >= 0.6 is 0 Å². The first-order valence-corrected chi connectivity index (χ1v) is 4.19. The number of carbonyl (C=O) groups is 1. The Morgan fingerprint density at radius 2 is 1.77 bits per heavy atom. The van der Waals surface area contributed by atoms with Gasteiger partial charge < -0.3 is 21.1 Å². The van der Waals surface area contributed by atoms with Gasteiger partial charge in [0.15, 0.2) is 5.78 Å². The zero-order valence-corrected chi connectivity index (χ0v) is 7.84. The Bertz CT molecular complexity index is 172. The van der Waals surface area contributed by atoms with Crippen LogP contribution in [-0.2, 0) is 4.79 Å². The molecule has 0 aliphatic rings. The summed E-state index contributed by atoms with van der Waals surface area (Å²) < 4.78 is 0. The largest absolute Gasteiger partial charge is 0.389 e. The predicted molar refractivity (Wildman–Crippen MR) is 46.9 cm³/mol. The summed E-state index contributed by atoms with van der Waals surface area (Å²) in [7, 11) is 0. The number of nitrogens with two attached hydrogens (primary N) is 1. The van der Waals surface area contributed by atoms with Crippen LogP contribution in [0, 0.1) is 5.92 Å². The number of ketones is 1. The van der Waals surface area contributed by atoms with E-state index >= 15 is 0 Å². The molecule has 0 aromatic heterocycles. The average molecular weight is 191 g/mol. The molecule has 78 valence electrons. The SMILES string of the molecule is CC(C)C(=O)[C@@H](O)C(O)C(O)CN. The molecule has 13 heavy (non-hydrogen) atoms. The summed E-state index contributed by atoms with van der Waals surface area (Å²) >= 11 is 0. The molecule has 0 amide bonds. The molecule has 5 heteroatoms. The lowest BCUT2D eigenvalue weighted by Crippen LogP contribution is -2.46. The van der Waals surface area contributed by atoms with Crippen molar-refractivity contribution >= 4 is 5.78 Å². The highest BCUT2D eigenvalue weighted by molar-refractivity contribution is 5.85. The molecule has 0 aliphatic heterocycles. The Morgan fingerprint density at radius 1 is 1.31 bits per heavy atom. The molecule has 5 nitrogen and oxygen atoms in total. The molecular formula is C8H17NO4. The maximum atomic E-state index is 11.1. The lowest BCUT2D eigenvalue weighted by atomic mass is 9.97. The van der Waals surface area contributed by atoms with E-state index in [1.807, 2.05) is 0 Å². The van der Waals surface area contributed by atoms with Gasteiger partial charge >= 0.3 is 0 Å². The van der Waals surface area contributed by atoms with Crippen LogP contribution in [0.2, 0.25) is 0 Å². The molecule has 0 saturated heterocycles. The van der Waals surface area contributed by atoms with Gasteiger partial charge in [0.1, 0.15) is 12.2 Å². The summed E-state index contributed by atoms with van der Waals surface area (Å²) in [5.74, 6) is -0.880. The summed E-state index contributed by atoms with van der Waals surface area (Å²) in [6.07, 6.45) is -4.32. The number of hydrogen-bond donors (Lipinski definition) is 4. The second-order valence-corrected chi connectivity index (χ2v) is 3.30. The fourth-order valence-corrected chi connectivity index (χ4v) is 0.860. The number of aliphatic hydroxyl groups excluding tert-OH is 3. The minimum Gasteiger partial charge on any atom is -0.389 e. The Balaban J connectivity index is 4.24. The number of carbonyl (C=O) groups excluding carboxylic acids is 1. The highest BCUT2D eigenvalue weighted by Gasteiger charge is 2.30. The molecule has 0 rings (SSSR count). The molecule has 0 heterocycles. The van der Waals surface area contributed by atoms with Gasteiger partial charge in [0.05, 0.1) is 6.10 Å². The second-order valence-electron chi connectivity index (χ2n) is 3.30. The van der Waals surface area contributed by atoms with E-state index in [4.69, 9.17) is 10.8 Å². The van der Waals surface area contributed by atoms with Crippen molar-refractivity contribution in [3.05, 3.63) is 0 Å². The van der Waals surface area contributed by atoms with Crippen molar-refractivity contribution in [2.45, 2.75) is 32.2 Å². The topological polar surface area (TPSA) is 104 Å². The lowest BCUT2D eigenvalue weighted by molar-refractivity contribution is -0.141. The van der Waals surface area contributed by atoms with Gasteiger partial charge in [-0.3, -0.25) is 4.79 Å². The molecule has 0 aromatic carbocycles. The van der Waals surface area contributed by atoms with Crippen LogP contribution in [0.4, 0.5) is 0 Å². The summed E-state index contributed by atoms with van der Waals surface area (Å²) in [5.41, 5.74) is 5.05. The fourth-order valence-electron chi connectivity index (χ4n) is 0.860. The number of rotatable bonds is 5. The average Bonchev–Trinajstić information content (AvgIpc) is 2.12. The molecule has 0 aromatic rings. The van der Waals surface area contributed by atoms with E-state index in [0.717, 1.165) is 0 Å². The molecule has 0 spiro atoms. The van der Waals surface area contributed by atoms with E-state index in [1.165, 1.54) is 0 Å². The summed E-state index contributed by atoms with van der Waals surface area (Å²) in [4.78, 5) is 11.1. The van der Waals surface area contributed by atoms with Crippen molar-refractivity contribution in [1.29, 1.82) is 0 Å². The van der Waals surface area contributed by atoms with Crippen LogP contribution < -0.4 is 5.73 Å². The third-order valence-electron chi connectivity index (χ3n) is 1.82. The molecule has 0 bridgehead atoms. The Labute approximate surface area is 77.2 Å². The Kier molecular flexibility index (Phi) is 5.09. The van der Waals surface area contributed by atoms with Gasteiger partial charge in [0.25, 0.3) is 0 Å². The first-order chi connectivity index (χ1) is 5.91. The van der Waals surface area contributed by atoms with Crippen molar-refractivity contribution in [2.75, 3.05) is 6.54 Å². The maximum Gasteiger partial charge on any atom is 0.166 e. The Morgan fingerprint density at radius 3 is 2.08 bits per heavy atom. The van der Waals surface area contributed by atoms with Gasteiger partial charge in [-0.25, -0.2) is 0 Å². The van der Waals surface area contributed by atoms with Crippen molar-refractivity contribution in [1.82, 2.24) is 0 Å².